The number of halogens is 2. The van der Waals surface area contributed by atoms with E-state index in [0.717, 1.165) is 17.8 Å². The standard InChI is InChI=1S/C16H17ClFN3/c1-2-21(14-5-3-4-13(18)9-14)10-12-7-6-11(16(19)20)8-15(12)17/h3-9H,2,10H2,1H3,(H3,19,20). The second-order valence-corrected chi connectivity index (χ2v) is 5.12. The van der Waals surface area contributed by atoms with Gasteiger partial charge in [0.1, 0.15) is 11.7 Å². The maximum Gasteiger partial charge on any atom is 0.125 e. The molecule has 0 unspecified atom stereocenters. The number of nitrogen functional groups attached to an aromatic ring is 1. The highest BCUT2D eigenvalue weighted by atomic mass is 35.5. The van der Waals surface area contributed by atoms with Crippen molar-refractivity contribution in [3.63, 3.8) is 0 Å². The fourth-order valence-corrected chi connectivity index (χ4v) is 2.35. The smallest absolute Gasteiger partial charge is 0.125 e. The molecule has 0 spiro atoms. The minimum absolute atomic E-state index is 0.0130. The Morgan fingerprint density at radius 3 is 2.62 bits per heavy atom. The zero-order valence-electron chi connectivity index (χ0n) is 11.7. The van der Waals surface area contributed by atoms with Gasteiger partial charge in [0.05, 0.1) is 0 Å². The van der Waals surface area contributed by atoms with E-state index >= 15 is 0 Å². The summed E-state index contributed by atoms with van der Waals surface area (Å²) >= 11 is 6.24. The minimum atomic E-state index is -0.260. The zero-order chi connectivity index (χ0) is 15.4. The van der Waals surface area contributed by atoms with Crippen LogP contribution >= 0.6 is 11.6 Å². The van der Waals surface area contributed by atoms with Gasteiger partial charge in [0.2, 0.25) is 0 Å². The number of amidine groups is 1. The molecule has 5 heteroatoms. The van der Waals surface area contributed by atoms with Crippen molar-refractivity contribution < 1.29 is 4.39 Å². The lowest BCUT2D eigenvalue weighted by Crippen LogP contribution is -2.22. The van der Waals surface area contributed by atoms with Gasteiger partial charge in [-0.3, -0.25) is 5.41 Å². The Balaban J connectivity index is 2.25. The first-order valence-corrected chi connectivity index (χ1v) is 7.02. The van der Waals surface area contributed by atoms with Gasteiger partial charge in [-0.1, -0.05) is 29.8 Å². The highest BCUT2D eigenvalue weighted by Crippen LogP contribution is 2.23. The van der Waals surface area contributed by atoms with E-state index in [-0.39, 0.29) is 11.7 Å². The van der Waals surface area contributed by atoms with E-state index in [1.165, 1.54) is 12.1 Å². The Morgan fingerprint density at radius 2 is 2.05 bits per heavy atom. The van der Waals surface area contributed by atoms with Crippen LogP contribution < -0.4 is 10.6 Å². The Labute approximate surface area is 128 Å². The number of nitrogens with zero attached hydrogens (tertiary/aromatic N) is 1. The first-order valence-electron chi connectivity index (χ1n) is 6.64. The molecular weight excluding hydrogens is 289 g/mol. The number of hydrogen-bond donors (Lipinski definition) is 2. The average Bonchev–Trinajstić information content (AvgIpc) is 2.45. The molecule has 2 aromatic rings. The molecule has 0 radical (unpaired) electrons. The second-order valence-electron chi connectivity index (χ2n) is 4.71. The van der Waals surface area contributed by atoms with Crippen LogP contribution in [-0.2, 0) is 6.54 Å². The fourth-order valence-electron chi connectivity index (χ4n) is 2.11. The molecule has 0 aliphatic carbocycles. The van der Waals surface area contributed by atoms with Gasteiger partial charge in [-0.15, -0.1) is 0 Å². The summed E-state index contributed by atoms with van der Waals surface area (Å²) in [4.78, 5) is 2.03. The maximum atomic E-state index is 13.3. The number of benzene rings is 2. The van der Waals surface area contributed by atoms with Crippen molar-refractivity contribution in [1.29, 1.82) is 5.41 Å². The van der Waals surface area contributed by atoms with Gasteiger partial charge >= 0.3 is 0 Å². The lowest BCUT2D eigenvalue weighted by atomic mass is 10.1. The summed E-state index contributed by atoms with van der Waals surface area (Å²) < 4.78 is 13.3. The van der Waals surface area contributed by atoms with Crippen LogP contribution in [0.25, 0.3) is 0 Å². The lowest BCUT2D eigenvalue weighted by Gasteiger charge is -2.24. The Bertz CT molecular complexity index is 658. The first-order chi connectivity index (χ1) is 10.0. The highest BCUT2D eigenvalue weighted by molar-refractivity contribution is 6.31. The average molecular weight is 306 g/mol. The molecule has 3 N–H and O–H groups in total. The fraction of sp³-hybridized carbons (Fsp3) is 0.188. The monoisotopic (exact) mass is 305 g/mol. The van der Waals surface area contributed by atoms with Gasteiger partial charge in [-0.25, -0.2) is 4.39 Å². The quantitative estimate of drug-likeness (QED) is 0.652. The topological polar surface area (TPSA) is 53.1 Å². The molecular formula is C16H17ClFN3. The van der Waals surface area contributed by atoms with Crippen molar-refractivity contribution in [2.75, 3.05) is 11.4 Å². The zero-order valence-corrected chi connectivity index (χ0v) is 12.5. The Hall–Kier alpha value is -2.07. The van der Waals surface area contributed by atoms with Gasteiger partial charge in [0, 0.05) is 29.4 Å². The molecule has 0 atom stereocenters. The number of anilines is 1. The van der Waals surface area contributed by atoms with Crippen LogP contribution in [0.1, 0.15) is 18.1 Å². The van der Waals surface area contributed by atoms with Crippen LogP contribution in [-0.4, -0.2) is 12.4 Å². The summed E-state index contributed by atoms with van der Waals surface area (Å²) in [6.07, 6.45) is 0. The van der Waals surface area contributed by atoms with Crippen molar-refractivity contribution in [3.8, 4) is 0 Å². The van der Waals surface area contributed by atoms with Crippen molar-refractivity contribution >= 4 is 23.1 Å². The third kappa shape index (κ3) is 3.73. The summed E-state index contributed by atoms with van der Waals surface area (Å²) in [5.74, 6) is -0.273. The highest BCUT2D eigenvalue weighted by Gasteiger charge is 2.10. The first kappa shape index (κ1) is 15.3. The van der Waals surface area contributed by atoms with E-state index in [9.17, 15) is 4.39 Å². The van der Waals surface area contributed by atoms with Crippen LogP contribution in [0.3, 0.4) is 0 Å². The predicted octanol–water partition coefficient (Wildman–Crippen LogP) is 3.79. The molecule has 0 saturated carbocycles. The molecule has 0 aromatic heterocycles. The molecule has 2 aromatic carbocycles. The third-order valence-corrected chi connectivity index (χ3v) is 3.63. The second kappa shape index (κ2) is 6.59. The van der Waals surface area contributed by atoms with Crippen LogP contribution in [0.15, 0.2) is 42.5 Å². The van der Waals surface area contributed by atoms with Crippen molar-refractivity contribution in [3.05, 3.63) is 64.4 Å². The van der Waals surface area contributed by atoms with Gasteiger partial charge in [0.25, 0.3) is 0 Å². The lowest BCUT2D eigenvalue weighted by molar-refractivity contribution is 0.626. The summed E-state index contributed by atoms with van der Waals surface area (Å²) in [6, 6.07) is 11.8. The van der Waals surface area contributed by atoms with E-state index < -0.39 is 0 Å². The molecule has 0 saturated heterocycles. The van der Waals surface area contributed by atoms with Gasteiger partial charge < -0.3 is 10.6 Å². The molecule has 0 aliphatic heterocycles. The SMILES string of the molecule is CCN(Cc1ccc(C(=N)N)cc1Cl)c1cccc(F)c1. The number of hydrogen-bond acceptors (Lipinski definition) is 2. The molecule has 0 bridgehead atoms. The summed E-state index contributed by atoms with van der Waals surface area (Å²) in [7, 11) is 0. The molecule has 0 heterocycles. The predicted molar refractivity (Wildman–Crippen MR) is 85.6 cm³/mol. The van der Waals surface area contributed by atoms with E-state index in [1.54, 1.807) is 18.2 Å². The van der Waals surface area contributed by atoms with Crippen LogP contribution in [0, 0.1) is 11.2 Å². The van der Waals surface area contributed by atoms with Crippen LogP contribution in [0.5, 0.6) is 0 Å². The molecule has 0 amide bonds. The largest absolute Gasteiger partial charge is 0.384 e. The van der Waals surface area contributed by atoms with Gasteiger partial charge in [-0.2, -0.15) is 0 Å². The normalized spacial score (nSPS) is 10.4. The summed E-state index contributed by atoms with van der Waals surface area (Å²) in [5.41, 5.74) is 7.75. The molecule has 2 rings (SSSR count). The molecule has 0 fully saturated rings. The summed E-state index contributed by atoms with van der Waals surface area (Å²) in [6.45, 7) is 3.30. The van der Waals surface area contributed by atoms with E-state index in [4.69, 9.17) is 22.7 Å². The van der Waals surface area contributed by atoms with Crippen LogP contribution in [0.4, 0.5) is 10.1 Å². The third-order valence-electron chi connectivity index (χ3n) is 3.28. The summed E-state index contributed by atoms with van der Waals surface area (Å²) in [5, 5.41) is 7.96. The number of rotatable bonds is 5. The van der Waals surface area contributed by atoms with Crippen molar-refractivity contribution in [2.24, 2.45) is 5.73 Å². The van der Waals surface area contributed by atoms with Crippen molar-refractivity contribution in [2.45, 2.75) is 13.5 Å². The number of nitrogens with two attached hydrogens (primary N) is 1. The molecule has 3 nitrogen and oxygen atoms in total. The van der Waals surface area contributed by atoms with E-state index in [0.29, 0.717) is 17.1 Å². The number of nitrogens with one attached hydrogen (secondary N) is 1. The molecule has 110 valence electrons. The van der Waals surface area contributed by atoms with E-state index in [1.807, 2.05) is 24.0 Å². The Morgan fingerprint density at radius 1 is 1.29 bits per heavy atom. The molecule has 21 heavy (non-hydrogen) atoms. The molecule has 0 aliphatic rings. The van der Waals surface area contributed by atoms with Crippen LogP contribution in [0.2, 0.25) is 5.02 Å². The van der Waals surface area contributed by atoms with Gasteiger partial charge in [-0.05, 0) is 36.8 Å². The Kier molecular flexibility index (Phi) is 4.81. The maximum absolute atomic E-state index is 13.3. The van der Waals surface area contributed by atoms with Gasteiger partial charge in [0.15, 0.2) is 0 Å². The van der Waals surface area contributed by atoms with E-state index in [2.05, 4.69) is 0 Å². The van der Waals surface area contributed by atoms with Crippen molar-refractivity contribution in [1.82, 2.24) is 0 Å². The minimum Gasteiger partial charge on any atom is -0.384 e.